The van der Waals surface area contributed by atoms with Crippen LogP contribution in [-0.4, -0.2) is 16.2 Å². The molecule has 5 nitrogen and oxygen atoms in total. The fourth-order valence-corrected chi connectivity index (χ4v) is 8.57. The molecule has 0 unspecified atom stereocenters. The summed E-state index contributed by atoms with van der Waals surface area (Å²) in [7, 11) is 0. The number of para-hydroxylation sites is 1. The number of hydrogen-bond acceptors (Lipinski definition) is 4. The lowest BCUT2D eigenvalue weighted by Gasteiger charge is -2.29. The molecule has 0 N–H and O–H groups in total. The summed E-state index contributed by atoms with van der Waals surface area (Å²) in [6.45, 7) is 16.2. The van der Waals surface area contributed by atoms with Gasteiger partial charge in [-0.2, -0.15) is 0 Å². The summed E-state index contributed by atoms with van der Waals surface area (Å²) in [5, 5.41) is 2.08. The molecule has 10 rings (SSSR count). The predicted molar refractivity (Wildman–Crippen MR) is 260 cm³/mol. The monoisotopic (exact) mass is 813 g/mol. The Balaban J connectivity index is 1.03. The van der Waals surface area contributed by atoms with Crippen molar-refractivity contribution in [2.75, 3.05) is 16.5 Å². The average Bonchev–Trinajstić information content (AvgIpc) is 3.86. The molecule has 0 saturated heterocycles. The molecule has 0 atom stereocenters. The molecule has 0 amide bonds. The normalized spacial score (nSPS) is 14.1. The highest BCUT2D eigenvalue weighted by molar-refractivity contribution is 6.09. The van der Waals surface area contributed by atoms with E-state index in [-0.39, 0.29) is 40.6 Å². The van der Waals surface area contributed by atoms with E-state index in [9.17, 15) is 0 Å². The molecule has 0 spiro atoms. The predicted octanol–water partition coefficient (Wildman–Crippen LogP) is 15.5. The molecule has 1 aliphatic rings. The molecule has 306 valence electrons. The quantitative estimate of drug-likeness (QED) is 0.160. The molecule has 2 aromatic heterocycles. The van der Waals surface area contributed by atoms with Gasteiger partial charge in [0.25, 0.3) is 0 Å². The molecule has 1 aliphatic heterocycles. The van der Waals surface area contributed by atoms with Gasteiger partial charge < -0.3 is 14.5 Å². The van der Waals surface area contributed by atoms with Gasteiger partial charge in [0.15, 0.2) is 0 Å². The van der Waals surface area contributed by atoms with Crippen LogP contribution < -0.4 is 14.5 Å². The highest BCUT2D eigenvalue weighted by atomic mass is 16.5. The van der Waals surface area contributed by atoms with Crippen LogP contribution in [0.5, 0.6) is 11.5 Å². The van der Waals surface area contributed by atoms with Gasteiger partial charge in [-0.05, 0) is 112 Å². The maximum absolute atomic E-state index is 8.60. The molecule has 0 radical (unpaired) electrons. The van der Waals surface area contributed by atoms with Crippen LogP contribution in [0.2, 0.25) is 0 Å². The van der Waals surface area contributed by atoms with Crippen molar-refractivity contribution in [2.45, 2.75) is 59.3 Å². The van der Waals surface area contributed by atoms with E-state index >= 15 is 0 Å². The van der Waals surface area contributed by atoms with Crippen LogP contribution in [0.25, 0.3) is 49.9 Å². The summed E-state index contributed by atoms with van der Waals surface area (Å²) in [6.07, 6.45) is 1.61. The second-order valence-electron chi connectivity index (χ2n) is 18.3. The number of anilines is 4. The Labute approximate surface area is 372 Å². The van der Waals surface area contributed by atoms with Crippen molar-refractivity contribution in [3.8, 4) is 39.6 Å². The fourth-order valence-electron chi connectivity index (χ4n) is 8.57. The van der Waals surface area contributed by atoms with Crippen molar-refractivity contribution in [3.05, 3.63) is 193 Å². The first kappa shape index (κ1) is 33.6. The summed E-state index contributed by atoms with van der Waals surface area (Å²) in [5.41, 5.74) is 12.5. The number of hydrogen-bond donors (Lipinski definition) is 0. The summed E-state index contributed by atoms with van der Waals surface area (Å²) in [6, 6.07) is 47.2. The zero-order valence-electron chi connectivity index (χ0n) is 41.3. The Morgan fingerprint density at radius 1 is 0.548 bits per heavy atom. The standard InChI is InChI=1S/C57H52N4O/c1-38-29-55(58-36-50(38)40-19-12-9-13-20-40)61-51-24-15-14-23-48(51)49-27-26-47(35-53(49)61)62-46-22-16-21-44(34-46)59-37-60(45-32-42(56(2,3)4)31-43(33-45)57(5,6)7)52-28-25-41(30-54(52)59)39-17-10-8-11-18-39/h8-36H,37H2,1-7H3/i9D,12D,13D,19D,20D. The summed E-state index contributed by atoms with van der Waals surface area (Å²) in [5.74, 6) is 1.99. The van der Waals surface area contributed by atoms with E-state index in [1.54, 1.807) is 6.20 Å². The minimum atomic E-state index is -0.422. The van der Waals surface area contributed by atoms with Crippen molar-refractivity contribution in [2.24, 2.45) is 0 Å². The summed E-state index contributed by atoms with van der Waals surface area (Å²) in [4.78, 5) is 9.68. The molecule has 5 heteroatoms. The van der Waals surface area contributed by atoms with Crippen LogP contribution in [0.3, 0.4) is 0 Å². The SMILES string of the molecule is [2H]c1c([2H])c([2H])c(-c2cnc(-n3c4ccccc4c4ccc(Oc5cccc(N6CN(c7cc(C(C)(C)C)cc(C(C)(C)C)c7)c7ccc(-c8ccccc8)cc76)c5)cc43)cc2C)c([2H])c1[2H]. The number of benzene rings is 7. The highest BCUT2D eigenvalue weighted by Gasteiger charge is 2.31. The number of ether oxygens (including phenoxy) is 1. The smallest absolute Gasteiger partial charge is 0.137 e. The van der Waals surface area contributed by atoms with E-state index in [1.807, 2.05) is 55.5 Å². The summed E-state index contributed by atoms with van der Waals surface area (Å²) >= 11 is 0. The summed E-state index contributed by atoms with van der Waals surface area (Å²) < 4.78 is 50.6. The fraction of sp³-hybridized carbons (Fsp3) is 0.175. The molecule has 9 aromatic rings. The number of rotatable bonds is 7. The van der Waals surface area contributed by atoms with Crippen LogP contribution in [0, 0.1) is 6.92 Å². The minimum Gasteiger partial charge on any atom is -0.457 e. The zero-order valence-corrected chi connectivity index (χ0v) is 36.3. The van der Waals surface area contributed by atoms with Gasteiger partial charge in [0.05, 0.1) is 29.3 Å². The molecule has 3 heterocycles. The van der Waals surface area contributed by atoms with Crippen molar-refractivity contribution in [1.29, 1.82) is 0 Å². The molecular formula is C57H52N4O. The molecular weight excluding hydrogens is 757 g/mol. The van der Waals surface area contributed by atoms with Gasteiger partial charge in [-0.1, -0.05) is 138 Å². The maximum Gasteiger partial charge on any atom is 0.137 e. The first-order valence-corrected chi connectivity index (χ1v) is 21.2. The van der Waals surface area contributed by atoms with Gasteiger partial charge in [0.1, 0.15) is 24.0 Å². The largest absolute Gasteiger partial charge is 0.457 e. The minimum absolute atomic E-state index is 0.0318. The van der Waals surface area contributed by atoms with E-state index in [1.165, 1.54) is 11.1 Å². The van der Waals surface area contributed by atoms with Crippen molar-refractivity contribution < 1.29 is 11.6 Å². The molecule has 62 heavy (non-hydrogen) atoms. The Kier molecular flexibility index (Phi) is 8.18. The van der Waals surface area contributed by atoms with E-state index < -0.39 is 6.04 Å². The Bertz CT molecular complexity index is 3360. The Morgan fingerprint density at radius 2 is 1.24 bits per heavy atom. The highest BCUT2D eigenvalue weighted by Crippen LogP contribution is 2.48. The Morgan fingerprint density at radius 3 is 1.98 bits per heavy atom. The van der Waals surface area contributed by atoms with Gasteiger partial charge >= 0.3 is 0 Å². The zero-order chi connectivity index (χ0) is 47.1. The van der Waals surface area contributed by atoms with Gasteiger partial charge in [-0.3, -0.25) is 4.57 Å². The third-order valence-electron chi connectivity index (χ3n) is 12.0. The van der Waals surface area contributed by atoms with E-state index in [0.29, 0.717) is 29.5 Å². The van der Waals surface area contributed by atoms with Crippen LogP contribution in [0.4, 0.5) is 22.7 Å². The molecule has 7 aromatic carbocycles. The second kappa shape index (κ2) is 15.1. The van der Waals surface area contributed by atoms with Gasteiger partial charge in [-0.15, -0.1) is 0 Å². The third-order valence-corrected chi connectivity index (χ3v) is 12.0. The number of fused-ring (bicyclic) bond motifs is 4. The van der Waals surface area contributed by atoms with Gasteiger partial charge in [0, 0.05) is 46.0 Å². The first-order valence-electron chi connectivity index (χ1n) is 23.7. The lowest BCUT2D eigenvalue weighted by molar-refractivity contribution is 0.483. The molecule has 0 bridgehead atoms. The first-order chi connectivity index (χ1) is 32.0. The third kappa shape index (κ3) is 7.17. The van der Waals surface area contributed by atoms with Gasteiger partial charge in [0.2, 0.25) is 0 Å². The number of nitrogens with zero attached hydrogens (tertiary/aromatic N) is 4. The lowest BCUT2D eigenvalue weighted by atomic mass is 9.80. The van der Waals surface area contributed by atoms with Crippen molar-refractivity contribution in [1.82, 2.24) is 9.55 Å². The second-order valence-corrected chi connectivity index (χ2v) is 18.3. The topological polar surface area (TPSA) is 33.5 Å². The van der Waals surface area contributed by atoms with E-state index in [4.69, 9.17) is 16.6 Å². The van der Waals surface area contributed by atoms with Crippen LogP contribution >= 0.6 is 0 Å². The lowest BCUT2D eigenvalue weighted by Crippen LogP contribution is -2.25. The van der Waals surface area contributed by atoms with E-state index in [0.717, 1.165) is 61.2 Å². The molecule has 0 saturated carbocycles. The van der Waals surface area contributed by atoms with Crippen molar-refractivity contribution in [3.63, 3.8) is 0 Å². The van der Waals surface area contributed by atoms with Crippen LogP contribution in [0.1, 0.15) is 65.1 Å². The number of aromatic nitrogens is 2. The van der Waals surface area contributed by atoms with Crippen molar-refractivity contribution >= 4 is 44.6 Å². The van der Waals surface area contributed by atoms with Gasteiger partial charge in [-0.25, -0.2) is 4.98 Å². The van der Waals surface area contributed by atoms with Crippen LogP contribution in [-0.2, 0) is 10.8 Å². The Hall–Kier alpha value is -7.11. The number of pyridine rings is 1. The van der Waals surface area contributed by atoms with Crippen LogP contribution in [0.15, 0.2) is 176 Å². The average molecular weight is 814 g/mol. The number of aryl methyl sites for hydroxylation is 1. The van der Waals surface area contributed by atoms with E-state index in [2.05, 4.69) is 147 Å². The molecule has 0 aliphatic carbocycles. The molecule has 0 fully saturated rings. The maximum atomic E-state index is 8.60.